The molecular formula is C25H47N5O13. The van der Waals surface area contributed by atoms with Crippen LogP contribution in [0.5, 0.6) is 0 Å². The molecule has 2 heterocycles. The van der Waals surface area contributed by atoms with Gasteiger partial charge >= 0.3 is 29.8 Å². The first-order chi connectivity index (χ1) is 19.8. The molecule has 0 bridgehead atoms. The van der Waals surface area contributed by atoms with Crippen molar-refractivity contribution in [1.29, 1.82) is 0 Å². The Morgan fingerprint density at radius 3 is 1.60 bits per heavy atom. The SMILES string of the molecule is CC(O)C(=O)O.CN[C@@H](CC(C)C)C(=O)O.NC(=O)CC[C@H](N)C(=O)O.O=C(O)[C@@H]1CCCN1.O=C1CC[C@@H](C(=O)O)N1. The van der Waals surface area contributed by atoms with Gasteiger partial charge in [0, 0.05) is 12.8 Å². The Balaban J connectivity index is -0.000000470. The summed E-state index contributed by atoms with van der Waals surface area (Å²) in [4.78, 5) is 70.6. The zero-order valence-corrected chi connectivity index (χ0v) is 24.8. The fraction of sp³-hybridized carbons (Fsp3) is 0.720. The Bertz CT molecular complexity index is 893. The molecule has 0 aliphatic carbocycles. The number of carbonyl (C=O) groups excluding carboxylic acids is 2. The lowest BCUT2D eigenvalue weighted by Gasteiger charge is -2.12. The number of hydrogen-bond donors (Lipinski definition) is 11. The van der Waals surface area contributed by atoms with Crippen LogP contribution in [0, 0.1) is 5.92 Å². The molecule has 18 heteroatoms. The van der Waals surface area contributed by atoms with Crippen molar-refractivity contribution in [3.63, 3.8) is 0 Å². The van der Waals surface area contributed by atoms with Gasteiger partial charge in [-0.2, -0.15) is 0 Å². The fourth-order valence-corrected chi connectivity index (χ4v) is 2.93. The van der Waals surface area contributed by atoms with Gasteiger partial charge in [-0.15, -0.1) is 0 Å². The molecule has 5 atom stereocenters. The van der Waals surface area contributed by atoms with Crippen LogP contribution in [-0.2, 0) is 33.6 Å². The lowest BCUT2D eigenvalue weighted by Crippen LogP contribution is -2.34. The molecule has 43 heavy (non-hydrogen) atoms. The van der Waals surface area contributed by atoms with Crippen molar-refractivity contribution in [3.05, 3.63) is 0 Å². The Morgan fingerprint density at radius 2 is 1.42 bits per heavy atom. The van der Waals surface area contributed by atoms with Crippen LogP contribution < -0.4 is 27.4 Å². The largest absolute Gasteiger partial charge is 0.480 e. The Labute approximate surface area is 249 Å². The van der Waals surface area contributed by atoms with E-state index in [1.54, 1.807) is 7.05 Å². The fourth-order valence-electron chi connectivity index (χ4n) is 2.93. The van der Waals surface area contributed by atoms with E-state index in [1.807, 2.05) is 13.8 Å². The van der Waals surface area contributed by atoms with Crippen molar-refractivity contribution in [3.8, 4) is 0 Å². The Kier molecular flexibility index (Phi) is 25.0. The third-order valence-electron chi connectivity index (χ3n) is 5.38. The van der Waals surface area contributed by atoms with E-state index in [0.29, 0.717) is 25.2 Å². The number of nitrogens with one attached hydrogen (secondary N) is 3. The number of amides is 2. The minimum Gasteiger partial charge on any atom is -0.480 e. The van der Waals surface area contributed by atoms with Gasteiger partial charge in [0.2, 0.25) is 11.8 Å². The molecule has 250 valence electrons. The monoisotopic (exact) mass is 625 g/mol. The molecule has 2 aliphatic rings. The van der Waals surface area contributed by atoms with Crippen LogP contribution in [0.15, 0.2) is 0 Å². The van der Waals surface area contributed by atoms with E-state index in [9.17, 15) is 33.6 Å². The maximum atomic E-state index is 10.4. The number of aliphatic hydroxyl groups is 1. The second kappa shape index (κ2) is 24.7. The van der Waals surface area contributed by atoms with Crippen molar-refractivity contribution in [2.24, 2.45) is 17.4 Å². The van der Waals surface area contributed by atoms with E-state index in [0.717, 1.165) is 19.4 Å². The quantitative estimate of drug-likeness (QED) is 0.118. The summed E-state index contributed by atoms with van der Waals surface area (Å²) in [6.07, 6.45) is 2.13. The molecule has 0 aromatic heterocycles. The van der Waals surface area contributed by atoms with Gasteiger partial charge in [0.25, 0.3) is 0 Å². The molecule has 0 radical (unpaired) electrons. The van der Waals surface area contributed by atoms with Gasteiger partial charge in [-0.25, -0.2) is 9.59 Å². The van der Waals surface area contributed by atoms with Crippen molar-refractivity contribution in [2.75, 3.05) is 13.6 Å². The summed E-state index contributed by atoms with van der Waals surface area (Å²) in [6, 6.07) is -2.28. The van der Waals surface area contributed by atoms with Crippen molar-refractivity contribution < 1.29 is 64.2 Å². The summed E-state index contributed by atoms with van der Waals surface area (Å²) in [5.74, 6) is -5.00. The molecule has 0 aromatic carbocycles. The molecular weight excluding hydrogens is 578 g/mol. The highest BCUT2D eigenvalue weighted by Crippen LogP contribution is 2.05. The molecule has 18 nitrogen and oxygen atoms in total. The van der Waals surface area contributed by atoms with E-state index < -0.39 is 53.9 Å². The lowest BCUT2D eigenvalue weighted by molar-refractivity contribution is -0.145. The van der Waals surface area contributed by atoms with Crippen LogP contribution in [0.4, 0.5) is 0 Å². The topological polar surface area (TPSA) is 329 Å². The molecule has 13 N–H and O–H groups in total. The second-order valence-electron chi connectivity index (χ2n) is 9.76. The summed E-state index contributed by atoms with van der Waals surface area (Å²) in [6.45, 7) is 6.07. The van der Waals surface area contributed by atoms with Gasteiger partial charge in [-0.3, -0.25) is 24.0 Å². The number of hydrogen-bond acceptors (Lipinski definition) is 11. The van der Waals surface area contributed by atoms with E-state index >= 15 is 0 Å². The summed E-state index contributed by atoms with van der Waals surface area (Å²) in [5.41, 5.74) is 9.81. The standard InChI is InChI=1S/C7H15NO2.C5H10N2O3.C5H7NO3.C5H9NO2.C3H6O3/c1-5(2)4-6(8-3)7(9)10;6-3(5(9)10)1-2-4(7)8;7-4-2-1-3(6-4)5(8)9;7-5(8)4-2-1-3-6-4;1-2(4)3(5)6/h5-6,8H,4H2,1-3H3,(H,9,10);3H,1-2,6H2,(H2,7,8)(H,9,10);3H,1-2H2,(H,6,7)(H,8,9);4,6H,1-3H2,(H,7,8);2,4H,1H3,(H,5,6)/t6-;2*3-;4-;/m0000./s1. The van der Waals surface area contributed by atoms with Gasteiger partial charge in [0.05, 0.1) is 0 Å². The van der Waals surface area contributed by atoms with E-state index in [-0.39, 0.29) is 30.8 Å². The first-order valence-electron chi connectivity index (χ1n) is 13.3. The number of carboxylic acid groups (broad SMARTS) is 5. The van der Waals surface area contributed by atoms with Gasteiger partial charge in [0.1, 0.15) is 30.3 Å². The summed E-state index contributed by atoms with van der Waals surface area (Å²) in [5, 5.41) is 57.1. The number of rotatable bonds is 11. The molecule has 0 saturated carbocycles. The smallest absolute Gasteiger partial charge is 0.332 e. The van der Waals surface area contributed by atoms with Crippen LogP contribution in [0.2, 0.25) is 0 Å². The summed E-state index contributed by atoms with van der Waals surface area (Å²) in [7, 11) is 1.67. The molecule has 0 spiro atoms. The number of likely N-dealkylation sites (N-methyl/N-ethyl adjacent to an activating group) is 1. The minimum absolute atomic E-state index is 0.0213. The van der Waals surface area contributed by atoms with Crippen LogP contribution in [0.1, 0.15) is 65.7 Å². The average Bonchev–Trinajstić information content (AvgIpc) is 3.59. The van der Waals surface area contributed by atoms with Crippen molar-refractivity contribution in [1.82, 2.24) is 16.0 Å². The number of carbonyl (C=O) groups is 7. The van der Waals surface area contributed by atoms with Gasteiger partial charge < -0.3 is 58.1 Å². The normalized spacial score (nSPS) is 18.6. The van der Waals surface area contributed by atoms with Gasteiger partial charge in [-0.1, -0.05) is 13.8 Å². The minimum atomic E-state index is -1.23. The maximum absolute atomic E-state index is 10.4. The second-order valence-corrected chi connectivity index (χ2v) is 9.76. The molecule has 1 unspecified atom stereocenters. The lowest BCUT2D eigenvalue weighted by atomic mass is 10.0. The van der Waals surface area contributed by atoms with Crippen LogP contribution in [0.3, 0.4) is 0 Å². The van der Waals surface area contributed by atoms with Crippen LogP contribution in [-0.4, -0.2) is 116 Å². The zero-order chi connectivity index (χ0) is 34.3. The van der Waals surface area contributed by atoms with Crippen molar-refractivity contribution in [2.45, 2.75) is 96.0 Å². The van der Waals surface area contributed by atoms with Crippen LogP contribution >= 0.6 is 0 Å². The number of aliphatic carboxylic acids is 5. The van der Waals surface area contributed by atoms with Gasteiger partial charge in [-0.05, 0) is 58.5 Å². The van der Waals surface area contributed by atoms with Gasteiger partial charge in [0.15, 0.2) is 0 Å². The molecule has 0 aromatic rings. The number of nitrogens with two attached hydrogens (primary N) is 2. The first-order valence-corrected chi connectivity index (χ1v) is 13.3. The Hall–Kier alpha value is -3.87. The van der Waals surface area contributed by atoms with Crippen molar-refractivity contribution >= 4 is 41.7 Å². The highest BCUT2D eigenvalue weighted by molar-refractivity contribution is 5.87. The van der Waals surface area contributed by atoms with Crippen LogP contribution in [0.25, 0.3) is 0 Å². The summed E-state index contributed by atoms with van der Waals surface area (Å²) < 4.78 is 0. The zero-order valence-electron chi connectivity index (χ0n) is 24.8. The maximum Gasteiger partial charge on any atom is 0.332 e. The Morgan fingerprint density at radius 1 is 0.907 bits per heavy atom. The molecule has 2 rings (SSSR count). The highest BCUT2D eigenvalue weighted by Gasteiger charge is 2.26. The average molecular weight is 626 g/mol. The predicted octanol–water partition coefficient (Wildman–Crippen LogP) is -2.01. The molecule has 2 amide bonds. The van der Waals surface area contributed by atoms with E-state index in [4.69, 9.17) is 42.1 Å². The number of primary amides is 1. The van der Waals surface area contributed by atoms with E-state index in [1.165, 1.54) is 6.92 Å². The molecule has 2 fully saturated rings. The first kappa shape index (κ1) is 43.6. The summed E-state index contributed by atoms with van der Waals surface area (Å²) >= 11 is 0. The third kappa shape index (κ3) is 26.8. The predicted molar refractivity (Wildman–Crippen MR) is 151 cm³/mol. The number of carboxylic acids is 5. The van der Waals surface area contributed by atoms with E-state index in [2.05, 4.69) is 16.0 Å². The molecule has 2 aliphatic heterocycles. The highest BCUT2D eigenvalue weighted by atomic mass is 16.4. The molecule has 2 saturated heterocycles. The third-order valence-corrected chi connectivity index (χ3v) is 5.38. The number of aliphatic hydroxyl groups excluding tert-OH is 1.